The number of benzene rings is 2. The molecule has 0 spiro atoms. The van der Waals surface area contributed by atoms with E-state index in [1.165, 1.54) is 0 Å². The van der Waals surface area contributed by atoms with Crippen molar-refractivity contribution in [2.24, 2.45) is 11.1 Å². The molecule has 1 heterocycles. The van der Waals surface area contributed by atoms with Crippen LogP contribution in [0.15, 0.2) is 60.7 Å². The zero-order valence-electron chi connectivity index (χ0n) is 14.8. The molecule has 26 heavy (non-hydrogen) atoms. The number of carbonyl (C=O) groups is 2. The average molecular weight is 352 g/mol. The number of likely N-dealkylation sites (tertiary alicyclic amines) is 1. The second kappa shape index (κ2) is 8.04. The van der Waals surface area contributed by atoms with Crippen molar-refractivity contribution in [3.63, 3.8) is 0 Å². The summed E-state index contributed by atoms with van der Waals surface area (Å²) in [6.45, 7) is 1.51. The fourth-order valence-electron chi connectivity index (χ4n) is 3.58. The van der Waals surface area contributed by atoms with Gasteiger partial charge in [0.2, 0.25) is 5.91 Å². The molecular formula is C21H24N2O3. The van der Waals surface area contributed by atoms with E-state index >= 15 is 0 Å². The van der Waals surface area contributed by atoms with Crippen LogP contribution in [0.25, 0.3) is 0 Å². The van der Waals surface area contributed by atoms with E-state index in [0.717, 1.165) is 18.6 Å². The molecule has 0 aromatic heterocycles. The van der Waals surface area contributed by atoms with Crippen LogP contribution in [0.2, 0.25) is 0 Å². The summed E-state index contributed by atoms with van der Waals surface area (Å²) >= 11 is 0. The number of amides is 2. The van der Waals surface area contributed by atoms with E-state index in [9.17, 15) is 9.59 Å². The van der Waals surface area contributed by atoms with E-state index in [0.29, 0.717) is 25.3 Å². The third-order valence-electron chi connectivity index (χ3n) is 4.81. The van der Waals surface area contributed by atoms with E-state index in [-0.39, 0.29) is 18.2 Å². The Kier molecular flexibility index (Phi) is 5.56. The van der Waals surface area contributed by atoms with Crippen LogP contribution in [0.1, 0.15) is 29.6 Å². The molecule has 2 aromatic carbocycles. The third-order valence-corrected chi connectivity index (χ3v) is 4.81. The SMILES string of the molecule is NC(=O)C[C@]1(COc2ccccc2)CCCN(C(=O)c2ccccc2)C1. The summed E-state index contributed by atoms with van der Waals surface area (Å²) in [4.78, 5) is 26.3. The first-order valence-corrected chi connectivity index (χ1v) is 8.88. The Balaban J connectivity index is 1.75. The van der Waals surface area contributed by atoms with Crippen molar-refractivity contribution in [2.75, 3.05) is 19.7 Å². The summed E-state index contributed by atoms with van der Waals surface area (Å²) in [6.07, 6.45) is 1.84. The van der Waals surface area contributed by atoms with Crippen molar-refractivity contribution in [2.45, 2.75) is 19.3 Å². The molecule has 1 aliphatic rings. The van der Waals surface area contributed by atoms with Crippen molar-refractivity contribution in [3.05, 3.63) is 66.2 Å². The minimum Gasteiger partial charge on any atom is -0.493 e. The van der Waals surface area contributed by atoms with Crippen LogP contribution in [0.4, 0.5) is 0 Å². The van der Waals surface area contributed by atoms with Crippen molar-refractivity contribution in [1.29, 1.82) is 0 Å². The maximum atomic E-state index is 12.8. The van der Waals surface area contributed by atoms with E-state index in [1.807, 2.05) is 65.6 Å². The highest BCUT2D eigenvalue weighted by Gasteiger charge is 2.39. The zero-order valence-corrected chi connectivity index (χ0v) is 14.8. The number of carbonyl (C=O) groups excluding carboxylic acids is 2. The van der Waals surface area contributed by atoms with Gasteiger partial charge in [-0.05, 0) is 37.1 Å². The predicted octanol–water partition coefficient (Wildman–Crippen LogP) is 2.86. The monoisotopic (exact) mass is 352 g/mol. The molecule has 1 fully saturated rings. The lowest BCUT2D eigenvalue weighted by Crippen LogP contribution is -2.50. The van der Waals surface area contributed by atoms with Gasteiger partial charge in [0.05, 0.1) is 6.61 Å². The molecule has 0 radical (unpaired) electrons. The Morgan fingerprint density at radius 3 is 2.35 bits per heavy atom. The Bertz CT molecular complexity index is 748. The Hall–Kier alpha value is -2.82. The standard InChI is InChI=1S/C21H24N2O3/c22-19(24)14-21(16-26-18-10-5-2-6-11-18)12-7-13-23(15-21)20(25)17-8-3-1-4-9-17/h1-6,8-11H,7,12-16H2,(H2,22,24)/t21-/m1/s1. The van der Waals surface area contributed by atoms with Gasteiger partial charge in [0.15, 0.2) is 0 Å². The Labute approximate surface area is 153 Å². The van der Waals surface area contributed by atoms with Crippen molar-refractivity contribution < 1.29 is 14.3 Å². The molecule has 2 N–H and O–H groups in total. The van der Waals surface area contributed by atoms with Gasteiger partial charge in [0.25, 0.3) is 5.91 Å². The largest absolute Gasteiger partial charge is 0.493 e. The highest BCUT2D eigenvalue weighted by molar-refractivity contribution is 5.94. The zero-order chi connectivity index (χ0) is 18.4. The number of para-hydroxylation sites is 1. The van der Waals surface area contributed by atoms with E-state index in [4.69, 9.17) is 10.5 Å². The quantitative estimate of drug-likeness (QED) is 0.869. The van der Waals surface area contributed by atoms with Gasteiger partial charge in [0.1, 0.15) is 5.75 Å². The summed E-state index contributed by atoms with van der Waals surface area (Å²) in [7, 11) is 0. The van der Waals surface area contributed by atoms with Gasteiger partial charge in [0, 0.05) is 30.5 Å². The average Bonchev–Trinajstić information content (AvgIpc) is 2.67. The van der Waals surface area contributed by atoms with E-state index in [1.54, 1.807) is 0 Å². The minimum atomic E-state index is -0.454. The molecule has 2 aromatic rings. The molecule has 1 aliphatic heterocycles. The molecule has 3 rings (SSSR count). The summed E-state index contributed by atoms with van der Waals surface area (Å²) < 4.78 is 5.94. The molecule has 1 atom stereocenters. The van der Waals surface area contributed by atoms with Gasteiger partial charge in [-0.25, -0.2) is 0 Å². The Morgan fingerprint density at radius 1 is 1.04 bits per heavy atom. The van der Waals surface area contributed by atoms with Gasteiger partial charge in [-0.3, -0.25) is 9.59 Å². The molecule has 5 nitrogen and oxygen atoms in total. The van der Waals surface area contributed by atoms with Gasteiger partial charge in [-0.2, -0.15) is 0 Å². The maximum Gasteiger partial charge on any atom is 0.253 e. The van der Waals surface area contributed by atoms with Gasteiger partial charge >= 0.3 is 0 Å². The van der Waals surface area contributed by atoms with Crippen LogP contribution < -0.4 is 10.5 Å². The van der Waals surface area contributed by atoms with Crippen LogP contribution in [0.3, 0.4) is 0 Å². The topological polar surface area (TPSA) is 72.6 Å². The fourth-order valence-corrected chi connectivity index (χ4v) is 3.58. The van der Waals surface area contributed by atoms with Crippen LogP contribution in [0, 0.1) is 5.41 Å². The molecule has 0 saturated carbocycles. The van der Waals surface area contributed by atoms with Crippen LogP contribution >= 0.6 is 0 Å². The number of primary amides is 1. The summed E-state index contributed by atoms with van der Waals surface area (Å²) in [5, 5.41) is 0. The molecule has 0 bridgehead atoms. The molecule has 136 valence electrons. The van der Waals surface area contributed by atoms with Crippen molar-refractivity contribution >= 4 is 11.8 Å². The highest BCUT2D eigenvalue weighted by atomic mass is 16.5. The number of nitrogens with two attached hydrogens (primary N) is 1. The number of piperidine rings is 1. The first-order chi connectivity index (χ1) is 12.6. The maximum absolute atomic E-state index is 12.8. The number of hydrogen-bond donors (Lipinski definition) is 1. The summed E-state index contributed by atoms with van der Waals surface area (Å²) in [6, 6.07) is 18.7. The highest BCUT2D eigenvalue weighted by Crippen LogP contribution is 2.35. The van der Waals surface area contributed by atoms with Crippen LogP contribution in [-0.4, -0.2) is 36.4 Å². The minimum absolute atomic E-state index is 0.0149. The normalized spacial score (nSPS) is 19.8. The summed E-state index contributed by atoms with van der Waals surface area (Å²) in [5.74, 6) is 0.373. The first-order valence-electron chi connectivity index (χ1n) is 8.88. The van der Waals surface area contributed by atoms with Crippen LogP contribution in [-0.2, 0) is 4.79 Å². The summed E-state index contributed by atoms with van der Waals surface area (Å²) in [5.41, 5.74) is 5.72. The Morgan fingerprint density at radius 2 is 1.69 bits per heavy atom. The van der Waals surface area contributed by atoms with E-state index < -0.39 is 5.41 Å². The molecule has 5 heteroatoms. The molecular weight excluding hydrogens is 328 g/mol. The molecule has 0 unspecified atom stereocenters. The fraction of sp³-hybridized carbons (Fsp3) is 0.333. The number of hydrogen-bond acceptors (Lipinski definition) is 3. The lowest BCUT2D eigenvalue weighted by atomic mass is 9.77. The van der Waals surface area contributed by atoms with Gasteiger partial charge in [-0.1, -0.05) is 36.4 Å². The predicted molar refractivity (Wildman–Crippen MR) is 99.8 cm³/mol. The number of nitrogens with zero attached hydrogens (tertiary/aromatic N) is 1. The third kappa shape index (κ3) is 4.42. The lowest BCUT2D eigenvalue weighted by Gasteiger charge is -2.42. The molecule has 1 saturated heterocycles. The van der Waals surface area contributed by atoms with Gasteiger partial charge < -0.3 is 15.4 Å². The number of rotatable bonds is 6. The smallest absolute Gasteiger partial charge is 0.253 e. The van der Waals surface area contributed by atoms with Crippen LogP contribution in [0.5, 0.6) is 5.75 Å². The second-order valence-electron chi connectivity index (χ2n) is 6.94. The van der Waals surface area contributed by atoms with E-state index in [2.05, 4.69) is 0 Å². The van der Waals surface area contributed by atoms with Crippen molar-refractivity contribution in [1.82, 2.24) is 4.90 Å². The van der Waals surface area contributed by atoms with Gasteiger partial charge in [-0.15, -0.1) is 0 Å². The second-order valence-corrected chi connectivity index (χ2v) is 6.94. The van der Waals surface area contributed by atoms with Crippen molar-refractivity contribution in [3.8, 4) is 5.75 Å². The molecule has 0 aliphatic carbocycles. The first kappa shape index (κ1) is 18.0. The molecule has 2 amide bonds. The number of ether oxygens (including phenoxy) is 1. The lowest BCUT2D eigenvalue weighted by molar-refractivity contribution is -0.122.